The monoisotopic (exact) mass is 292 g/mol. The van der Waals surface area contributed by atoms with Crippen molar-refractivity contribution in [2.45, 2.75) is 0 Å². The summed E-state index contributed by atoms with van der Waals surface area (Å²) in [4.78, 5) is 6.07. The van der Waals surface area contributed by atoms with Crippen LogP contribution in [0, 0.1) is 0 Å². The maximum Gasteiger partial charge on any atom is 0.101 e. The molecule has 2 aromatic heterocycles. The minimum atomic E-state index is 0.723. The van der Waals surface area contributed by atoms with E-state index < -0.39 is 0 Å². The standard InChI is InChI=1S/2C8H8N2.C2H4/c2*9-8-5-6-3-1-2-4-7(6)10-8;1-2/h2*1-5,10H,9H2;1-2H2. The van der Waals surface area contributed by atoms with Crippen molar-refractivity contribution in [2.75, 3.05) is 11.5 Å². The molecule has 0 atom stereocenters. The number of aromatic amines is 2. The number of nitrogens with two attached hydrogens (primary N) is 2. The van der Waals surface area contributed by atoms with Crippen LogP contribution in [0.2, 0.25) is 0 Å². The van der Waals surface area contributed by atoms with Crippen LogP contribution < -0.4 is 11.5 Å². The minimum absolute atomic E-state index is 0.723. The van der Waals surface area contributed by atoms with Crippen LogP contribution in [0.4, 0.5) is 11.6 Å². The number of anilines is 2. The van der Waals surface area contributed by atoms with E-state index in [1.807, 2.05) is 60.7 Å². The van der Waals surface area contributed by atoms with Crippen LogP contribution >= 0.6 is 0 Å². The predicted molar refractivity (Wildman–Crippen MR) is 96.7 cm³/mol. The van der Waals surface area contributed by atoms with Gasteiger partial charge in [-0.15, -0.1) is 13.2 Å². The number of benzene rings is 2. The van der Waals surface area contributed by atoms with E-state index in [9.17, 15) is 0 Å². The summed E-state index contributed by atoms with van der Waals surface area (Å²) in [5.41, 5.74) is 13.3. The quantitative estimate of drug-likeness (QED) is 0.364. The number of nitrogen functional groups attached to an aromatic ring is 2. The fourth-order valence-electron chi connectivity index (χ4n) is 2.19. The van der Waals surface area contributed by atoms with Crippen molar-refractivity contribution >= 4 is 33.4 Å². The average molecular weight is 292 g/mol. The highest BCUT2D eigenvalue weighted by Crippen LogP contribution is 2.15. The van der Waals surface area contributed by atoms with Crippen LogP contribution in [0.25, 0.3) is 21.8 Å². The smallest absolute Gasteiger partial charge is 0.101 e. The molecule has 4 aromatic rings. The number of H-pyrrole nitrogens is 2. The molecule has 0 aliphatic rings. The first kappa shape index (κ1) is 15.3. The van der Waals surface area contributed by atoms with Gasteiger partial charge in [0.1, 0.15) is 11.6 Å². The Morgan fingerprint density at radius 3 is 1.36 bits per heavy atom. The van der Waals surface area contributed by atoms with Crippen LogP contribution in [0.3, 0.4) is 0 Å². The first-order valence-corrected chi connectivity index (χ1v) is 6.89. The largest absolute Gasteiger partial charge is 0.385 e. The van der Waals surface area contributed by atoms with Gasteiger partial charge < -0.3 is 21.4 Å². The van der Waals surface area contributed by atoms with Gasteiger partial charge in [-0.1, -0.05) is 36.4 Å². The van der Waals surface area contributed by atoms with Crippen LogP contribution in [-0.4, -0.2) is 9.97 Å². The van der Waals surface area contributed by atoms with Gasteiger partial charge in [-0.3, -0.25) is 0 Å². The highest BCUT2D eigenvalue weighted by atomic mass is 14.8. The second-order valence-corrected chi connectivity index (χ2v) is 4.62. The molecule has 0 saturated carbocycles. The summed E-state index contributed by atoms with van der Waals surface area (Å²) in [7, 11) is 0. The van der Waals surface area contributed by atoms with Crippen molar-refractivity contribution in [3.8, 4) is 0 Å². The van der Waals surface area contributed by atoms with Crippen LogP contribution in [-0.2, 0) is 0 Å². The number of para-hydroxylation sites is 2. The van der Waals surface area contributed by atoms with Gasteiger partial charge >= 0.3 is 0 Å². The molecular weight excluding hydrogens is 272 g/mol. The highest BCUT2D eigenvalue weighted by Gasteiger charge is 1.93. The van der Waals surface area contributed by atoms with Gasteiger partial charge in [0.05, 0.1) is 0 Å². The SMILES string of the molecule is C=C.Nc1cc2ccccc2[nH]1.Nc1cc2ccccc2[nH]1. The Morgan fingerprint density at radius 1 is 0.636 bits per heavy atom. The van der Waals surface area contributed by atoms with Gasteiger partial charge in [0.15, 0.2) is 0 Å². The number of aromatic nitrogens is 2. The molecule has 4 heteroatoms. The lowest BCUT2D eigenvalue weighted by atomic mass is 10.3. The van der Waals surface area contributed by atoms with E-state index in [1.165, 1.54) is 10.8 Å². The number of fused-ring (bicyclic) bond motifs is 2. The van der Waals surface area contributed by atoms with Crippen molar-refractivity contribution in [1.29, 1.82) is 0 Å². The van der Waals surface area contributed by atoms with E-state index in [0.717, 1.165) is 22.7 Å². The predicted octanol–water partition coefficient (Wildman–Crippen LogP) is 4.30. The third-order valence-corrected chi connectivity index (χ3v) is 3.10. The highest BCUT2D eigenvalue weighted by molar-refractivity contribution is 5.83. The lowest BCUT2D eigenvalue weighted by Gasteiger charge is -1.83. The van der Waals surface area contributed by atoms with Gasteiger partial charge in [-0.25, -0.2) is 0 Å². The van der Waals surface area contributed by atoms with Crippen LogP contribution in [0.5, 0.6) is 0 Å². The van der Waals surface area contributed by atoms with Gasteiger partial charge in [-0.2, -0.15) is 0 Å². The summed E-state index contributed by atoms with van der Waals surface area (Å²) in [5.74, 6) is 1.45. The zero-order valence-corrected chi connectivity index (χ0v) is 12.3. The van der Waals surface area contributed by atoms with E-state index in [4.69, 9.17) is 11.5 Å². The second-order valence-electron chi connectivity index (χ2n) is 4.62. The first-order valence-electron chi connectivity index (χ1n) is 6.89. The third kappa shape index (κ3) is 3.49. The third-order valence-electron chi connectivity index (χ3n) is 3.10. The Morgan fingerprint density at radius 2 is 1.00 bits per heavy atom. The molecular formula is C18H20N4. The van der Waals surface area contributed by atoms with Crippen molar-refractivity contribution < 1.29 is 0 Å². The molecule has 2 heterocycles. The molecule has 0 unspecified atom stereocenters. The summed E-state index contributed by atoms with van der Waals surface area (Å²) >= 11 is 0. The molecule has 0 aliphatic heterocycles. The van der Waals surface area contributed by atoms with Gasteiger partial charge in [0, 0.05) is 21.8 Å². The topological polar surface area (TPSA) is 83.6 Å². The molecule has 6 N–H and O–H groups in total. The van der Waals surface area contributed by atoms with E-state index in [1.54, 1.807) is 0 Å². The molecule has 112 valence electrons. The van der Waals surface area contributed by atoms with Gasteiger partial charge in [0.25, 0.3) is 0 Å². The molecule has 4 nitrogen and oxygen atoms in total. The van der Waals surface area contributed by atoms with Gasteiger partial charge in [0.2, 0.25) is 0 Å². The lowest BCUT2D eigenvalue weighted by molar-refractivity contribution is 1.47. The maximum atomic E-state index is 5.54. The number of hydrogen-bond donors (Lipinski definition) is 4. The molecule has 22 heavy (non-hydrogen) atoms. The summed E-state index contributed by atoms with van der Waals surface area (Å²) in [6.07, 6.45) is 0. The Kier molecular flexibility index (Phi) is 4.88. The molecule has 0 aliphatic carbocycles. The van der Waals surface area contributed by atoms with Crippen molar-refractivity contribution in [1.82, 2.24) is 9.97 Å². The van der Waals surface area contributed by atoms with Crippen molar-refractivity contribution in [3.63, 3.8) is 0 Å². The zero-order valence-electron chi connectivity index (χ0n) is 12.3. The van der Waals surface area contributed by atoms with Crippen LogP contribution in [0.15, 0.2) is 73.8 Å². The van der Waals surface area contributed by atoms with Crippen molar-refractivity contribution in [3.05, 3.63) is 73.8 Å². The molecule has 0 spiro atoms. The zero-order chi connectivity index (χ0) is 15.9. The summed E-state index contributed by atoms with van der Waals surface area (Å²) in [5, 5.41) is 2.33. The molecule has 0 fully saturated rings. The molecule has 0 bridgehead atoms. The van der Waals surface area contributed by atoms with E-state index in [-0.39, 0.29) is 0 Å². The van der Waals surface area contributed by atoms with E-state index in [0.29, 0.717) is 0 Å². The summed E-state index contributed by atoms with van der Waals surface area (Å²) < 4.78 is 0. The van der Waals surface area contributed by atoms with Gasteiger partial charge in [-0.05, 0) is 24.3 Å². The first-order chi connectivity index (χ1) is 10.7. The maximum absolute atomic E-state index is 5.54. The Bertz CT molecular complexity index is 719. The molecule has 0 radical (unpaired) electrons. The molecule has 4 rings (SSSR count). The molecule has 0 saturated heterocycles. The van der Waals surface area contributed by atoms with Crippen molar-refractivity contribution in [2.24, 2.45) is 0 Å². The average Bonchev–Trinajstić information content (AvgIpc) is 3.10. The Hall–Kier alpha value is -3.14. The Labute approximate surface area is 129 Å². The Balaban J connectivity index is 0.000000144. The normalized spacial score (nSPS) is 9.64. The second kappa shape index (κ2) is 7.04. The fourth-order valence-corrected chi connectivity index (χ4v) is 2.19. The van der Waals surface area contributed by atoms with E-state index in [2.05, 4.69) is 23.1 Å². The lowest BCUT2D eigenvalue weighted by Crippen LogP contribution is -1.80. The van der Waals surface area contributed by atoms with Crippen LogP contribution in [0.1, 0.15) is 0 Å². The molecule has 2 aromatic carbocycles. The summed E-state index contributed by atoms with van der Waals surface area (Å²) in [6.45, 7) is 6.00. The number of hydrogen-bond acceptors (Lipinski definition) is 2. The fraction of sp³-hybridized carbons (Fsp3) is 0. The summed E-state index contributed by atoms with van der Waals surface area (Å²) in [6, 6.07) is 19.9. The van der Waals surface area contributed by atoms with E-state index >= 15 is 0 Å². The minimum Gasteiger partial charge on any atom is -0.385 e. The number of nitrogens with one attached hydrogen (secondary N) is 2. The molecule has 0 amide bonds. The number of rotatable bonds is 0.